The van der Waals surface area contributed by atoms with Crippen LogP contribution in [0.1, 0.15) is 17.5 Å². The van der Waals surface area contributed by atoms with Crippen molar-refractivity contribution in [1.29, 1.82) is 0 Å². The first kappa shape index (κ1) is 18.4. The first-order valence-corrected chi connectivity index (χ1v) is 10.6. The Balaban J connectivity index is 1.43. The van der Waals surface area contributed by atoms with Gasteiger partial charge in [-0.1, -0.05) is 30.3 Å². The number of carbonyl (C=O) groups excluding carboxylic acids is 1. The summed E-state index contributed by atoms with van der Waals surface area (Å²) in [6.45, 7) is 0. The van der Waals surface area contributed by atoms with Crippen LogP contribution in [0.3, 0.4) is 0 Å². The van der Waals surface area contributed by atoms with Crippen LogP contribution in [0.15, 0.2) is 71.6 Å². The number of rotatable bonds is 5. The van der Waals surface area contributed by atoms with Gasteiger partial charge in [0.2, 0.25) is 5.91 Å². The van der Waals surface area contributed by atoms with Gasteiger partial charge in [0.05, 0.1) is 10.6 Å². The van der Waals surface area contributed by atoms with Crippen molar-refractivity contribution in [3.05, 3.63) is 83.7 Å². The summed E-state index contributed by atoms with van der Waals surface area (Å²) in [5.41, 5.74) is 5.35. The van der Waals surface area contributed by atoms with Gasteiger partial charge in [-0.15, -0.1) is 0 Å². The maximum Gasteiger partial charge on any atom is 0.225 e. The molecule has 4 nitrogen and oxygen atoms in total. The van der Waals surface area contributed by atoms with Crippen LogP contribution in [0.25, 0.3) is 11.1 Å². The molecule has 0 atom stereocenters. The van der Waals surface area contributed by atoms with Gasteiger partial charge in [0.25, 0.3) is 0 Å². The maximum absolute atomic E-state index is 13.0. The predicted molar refractivity (Wildman–Crippen MR) is 106 cm³/mol. The summed E-state index contributed by atoms with van der Waals surface area (Å²) in [4.78, 5) is 12.3. The van der Waals surface area contributed by atoms with E-state index in [1.807, 2.05) is 30.3 Å². The smallest absolute Gasteiger partial charge is 0.225 e. The number of fused-ring (bicyclic) bond motifs is 3. The minimum atomic E-state index is -3.64. The van der Waals surface area contributed by atoms with Gasteiger partial charge in [0.15, 0.2) is 9.84 Å². The van der Waals surface area contributed by atoms with Gasteiger partial charge in [-0.25, -0.2) is 12.8 Å². The summed E-state index contributed by atoms with van der Waals surface area (Å²) < 4.78 is 37.5. The van der Waals surface area contributed by atoms with Crippen molar-refractivity contribution in [3.8, 4) is 11.1 Å². The van der Waals surface area contributed by atoms with Gasteiger partial charge < -0.3 is 5.32 Å². The van der Waals surface area contributed by atoms with Crippen LogP contribution in [0, 0.1) is 5.82 Å². The zero-order valence-electron chi connectivity index (χ0n) is 15.0. The molecule has 0 spiro atoms. The van der Waals surface area contributed by atoms with E-state index >= 15 is 0 Å². The van der Waals surface area contributed by atoms with Gasteiger partial charge in [0.1, 0.15) is 5.82 Å². The van der Waals surface area contributed by atoms with Crippen LogP contribution in [-0.4, -0.2) is 20.1 Å². The second-order valence-electron chi connectivity index (χ2n) is 6.78. The monoisotopic (exact) mass is 395 g/mol. The Bertz CT molecular complexity index is 1150. The van der Waals surface area contributed by atoms with Crippen LogP contribution < -0.4 is 5.32 Å². The molecule has 1 aliphatic carbocycles. The molecule has 1 amide bonds. The van der Waals surface area contributed by atoms with Crippen molar-refractivity contribution >= 4 is 21.4 Å². The van der Waals surface area contributed by atoms with E-state index in [1.54, 1.807) is 0 Å². The van der Waals surface area contributed by atoms with E-state index in [0.29, 0.717) is 5.69 Å². The highest BCUT2D eigenvalue weighted by atomic mass is 32.2. The molecule has 1 aliphatic rings. The third-order valence-electron chi connectivity index (χ3n) is 4.85. The molecule has 0 fully saturated rings. The standard InChI is InChI=1S/C22H18FNO3S/c23-17-6-9-19(10-7-17)28(26,27)12-11-22(25)24-18-8-5-16-13-15-3-1-2-4-20(15)21(16)14-18/h1-10,14H,11-13H2,(H,24,25). The van der Waals surface area contributed by atoms with Gasteiger partial charge in [0, 0.05) is 12.1 Å². The third-order valence-corrected chi connectivity index (χ3v) is 6.58. The number of sulfone groups is 1. The number of amides is 1. The molecule has 3 aromatic rings. The van der Waals surface area contributed by atoms with E-state index < -0.39 is 15.7 Å². The largest absolute Gasteiger partial charge is 0.326 e. The van der Waals surface area contributed by atoms with Crippen molar-refractivity contribution < 1.29 is 17.6 Å². The van der Waals surface area contributed by atoms with Crippen LogP contribution >= 0.6 is 0 Å². The fourth-order valence-corrected chi connectivity index (χ4v) is 4.65. The molecule has 0 unspecified atom stereocenters. The predicted octanol–water partition coefficient (Wildman–Crippen LogP) is 4.20. The summed E-state index contributed by atoms with van der Waals surface area (Å²) in [6, 6.07) is 18.5. The van der Waals surface area contributed by atoms with E-state index in [0.717, 1.165) is 29.7 Å². The Hall–Kier alpha value is -2.99. The van der Waals surface area contributed by atoms with E-state index in [-0.39, 0.29) is 23.0 Å². The molecule has 0 heterocycles. The van der Waals surface area contributed by atoms with E-state index in [1.165, 1.54) is 23.3 Å². The number of hydrogen-bond donors (Lipinski definition) is 1. The lowest BCUT2D eigenvalue weighted by atomic mass is 10.1. The number of nitrogens with one attached hydrogen (secondary N) is 1. The highest BCUT2D eigenvalue weighted by Gasteiger charge is 2.19. The van der Waals surface area contributed by atoms with E-state index in [2.05, 4.69) is 17.4 Å². The minimum absolute atomic E-state index is 0.0100. The van der Waals surface area contributed by atoms with Gasteiger partial charge in [-0.3, -0.25) is 4.79 Å². The van der Waals surface area contributed by atoms with Gasteiger partial charge in [-0.2, -0.15) is 0 Å². The topological polar surface area (TPSA) is 63.2 Å². The Morgan fingerprint density at radius 2 is 1.64 bits per heavy atom. The van der Waals surface area contributed by atoms with Crippen LogP contribution in [0.5, 0.6) is 0 Å². The molecule has 0 aromatic heterocycles. The Morgan fingerprint density at radius 3 is 2.43 bits per heavy atom. The number of benzene rings is 3. The number of anilines is 1. The van der Waals surface area contributed by atoms with Gasteiger partial charge >= 0.3 is 0 Å². The highest BCUT2D eigenvalue weighted by molar-refractivity contribution is 7.91. The second kappa shape index (κ2) is 7.20. The summed E-state index contributed by atoms with van der Waals surface area (Å²) in [5.74, 6) is -1.22. The van der Waals surface area contributed by atoms with Crippen molar-refractivity contribution in [1.82, 2.24) is 0 Å². The lowest BCUT2D eigenvalue weighted by Crippen LogP contribution is -2.17. The van der Waals surface area contributed by atoms with Crippen molar-refractivity contribution in [3.63, 3.8) is 0 Å². The normalized spacial score (nSPS) is 12.3. The second-order valence-corrected chi connectivity index (χ2v) is 8.89. The molecular weight excluding hydrogens is 377 g/mol. The number of halogens is 1. The molecule has 1 N–H and O–H groups in total. The number of hydrogen-bond acceptors (Lipinski definition) is 3. The fourth-order valence-electron chi connectivity index (χ4n) is 3.41. The van der Waals surface area contributed by atoms with E-state index in [4.69, 9.17) is 0 Å². The Labute approximate surface area is 163 Å². The van der Waals surface area contributed by atoms with Crippen LogP contribution in [-0.2, 0) is 21.1 Å². The molecule has 4 rings (SSSR count). The van der Waals surface area contributed by atoms with Crippen molar-refractivity contribution in [2.24, 2.45) is 0 Å². The first-order chi connectivity index (χ1) is 13.4. The third kappa shape index (κ3) is 3.68. The maximum atomic E-state index is 13.0. The van der Waals surface area contributed by atoms with Crippen LogP contribution in [0.4, 0.5) is 10.1 Å². The molecule has 28 heavy (non-hydrogen) atoms. The zero-order chi connectivity index (χ0) is 19.7. The van der Waals surface area contributed by atoms with Crippen molar-refractivity contribution in [2.75, 3.05) is 11.1 Å². The average Bonchev–Trinajstić information content (AvgIpc) is 3.05. The van der Waals surface area contributed by atoms with Crippen molar-refractivity contribution in [2.45, 2.75) is 17.7 Å². The molecule has 3 aromatic carbocycles. The summed E-state index contributed by atoms with van der Waals surface area (Å²) in [5, 5.41) is 2.77. The molecule has 0 aliphatic heterocycles. The first-order valence-electron chi connectivity index (χ1n) is 8.92. The quantitative estimate of drug-likeness (QED) is 0.515. The highest BCUT2D eigenvalue weighted by Crippen LogP contribution is 2.37. The molecule has 0 saturated heterocycles. The summed E-state index contributed by atoms with van der Waals surface area (Å²) >= 11 is 0. The SMILES string of the molecule is O=C(CCS(=O)(=O)c1ccc(F)cc1)Nc1ccc2c(c1)-c1ccccc1C2. The lowest BCUT2D eigenvalue weighted by Gasteiger charge is -2.09. The number of carbonyl (C=O) groups is 1. The summed E-state index contributed by atoms with van der Waals surface area (Å²) in [6.07, 6.45) is 0.697. The Kier molecular flexibility index (Phi) is 4.73. The molecule has 142 valence electrons. The molecule has 0 radical (unpaired) electrons. The zero-order valence-corrected chi connectivity index (χ0v) is 15.8. The van der Waals surface area contributed by atoms with Gasteiger partial charge in [-0.05, 0) is 65.1 Å². The fraction of sp³-hybridized carbons (Fsp3) is 0.136. The van der Waals surface area contributed by atoms with Crippen LogP contribution in [0.2, 0.25) is 0 Å². The molecule has 0 saturated carbocycles. The Morgan fingerprint density at radius 1 is 0.929 bits per heavy atom. The lowest BCUT2D eigenvalue weighted by molar-refractivity contribution is -0.115. The molecule has 0 bridgehead atoms. The van der Waals surface area contributed by atoms with E-state index in [9.17, 15) is 17.6 Å². The molecule has 6 heteroatoms. The minimum Gasteiger partial charge on any atom is -0.326 e. The summed E-state index contributed by atoms with van der Waals surface area (Å²) in [7, 11) is -3.64. The molecular formula is C22H18FNO3S. The average molecular weight is 395 g/mol.